The second-order valence-electron chi connectivity index (χ2n) is 0. The van der Waals surface area contributed by atoms with Gasteiger partial charge in [0.15, 0.2) is 0 Å². The van der Waals surface area contributed by atoms with Crippen LogP contribution in [0.5, 0.6) is 0 Å². The Labute approximate surface area is 125 Å². The molecular weight excluding hydrogens is 334 g/mol. The van der Waals surface area contributed by atoms with E-state index in [1.54, 1.807) is 0 Å². The van der Waals surface area contributed by atoms with Gasteiger partial charge < -0.3 is 4.46 Å². The Kier molecular flexibility index (Phi) is 118. The molecule has 0 spiro atoms. The Morgan fingerprint density at radius 3 is 1.20 bits per heavy atom. The predicted molar refractivity (Wildman–Crippen MR) is 26.3 cm³/mol. The second-order valence-corrected chi connectivity index (χ2v) is 0. The van der Waals surface area contributed by atoms with Crippen molar-refractivity contribution in [3.63, 3.8) is 0 Å². The van der Waals surface area contributed by atoms with Crippen LogP contribution in [-0.4, -0.2) is 104 Å². The van der Waals surface area contributed by atoms with Crippen molar-refractivity contribution in [3.05, 3.63) is 0 Å². The summed E-state index contributed by atoms with van der Waals surface area (Å²) >= 11 is 0. The third-order valence-corrected chi connectivity index (χ3v) is 0. The van der Waals surface area contributed by atoms with Gasteiger partial charge in [-0.15, -0.1) is 0 Å². The zero-order valence-corrected chi connectivity index (χ0v) is 6.20. The number of hydrogen-bond donors (Lipinski definition) is 0. The van der Waals surface area contributed by atoms with Crippen LogP contribution in [0.3, 0.4) is 0 Å². The summed E-state index contributed by atoms with van der Waals surface area (Å²) < 4.78 is 8.28. The van der Waals surface area contributed by atoms with E-state index in [1.807, 2.05) is 0 Å². The number of rotatable bonds is 0. The summed E-state index contributed by atoms with van der Waals surface area (Å²) in [6.45, 7) is 0. The van der Waals surface area contributed by atoms with Crippen molar-refractivity contribution in [1.29, 1.82) is 0 Å². The van der Waals surface area contributed by atoms with Crippen LogP contribution in [0.25, 0.3) is 0 Å². The molecule has 5 heavy (non-hydrogen) atoms. The van der Waals surface area contributed by atoms with E-state index in [1.165, 1.54) is 0 Å². The Hall–Kier alpha value is 3.69. The molecule has 0 amide bonds. The zero-order valence-electron chi connectivity index (χ0n) is 1.82. The largest absolute Gasteiger partial charge is 0 e. The van der Waals surface area contributed by atoms with E-state index >= 15 is 0 Å². The van der Waals surface area contributed by atoms with Gasteiger partial charge in [-0.25, -0.2) is 0 Å². The van der Waals surface area contributed by atoms with Gasteiger partial charge in [0.05, 0.1) is 0 Å². The summed E-state index contributed by atoms with van der Waals surface area (Å²) in [7, 11) is 0.611. The molecule has 1 nitrogen and oxygen atoms in total. The van der Waals surface area contributed by atoms with Crippen molar-refractivity contribution in [3.8, 4) is 0 Å². The van der Waals surface area contributed by atoms with Crippen molar-refractivity contribution in [1.82, 2.24) is 0 Å². The standard InChI is InChI=1S/Ba.H2OSi.Sr.Zn.4H/c;1-2;;;;;;/h;2H2;;;;;;. The summed E-state index contributed by atoms with van der Waals surface area (Å²) in [6, 6.07) is 0. The third-order valence-electron chi connectivity index (χ3n) is 0. The van der Waals surface area contributed by atoms with Crippen molar-refractivity contribution < 1.29 is 23.9 Å². The molecule has 0 aromatic carbocycles. The molecule has 0 aromatic heterocycles. The fourth-order valence-corrected chi connectivity index (χ4v) is 0. The van der Waals surface area contributed by atoms with Crippen molar-refractivity contribution in [2.75, 3.05) is 0 Å². The smallest absolute Gasteiger partial charge is 0 e. The molecule has 0 N–H and O–H groups in total. The minimum Gasteiger partial charge on any atom is 0 e. The van der Waals surface area contributed by atoms with E-state index in [9.17, 15) is 0 Å². The van der Waals surface area contributed by atoms with Crippen molar-refractivity contribution in [2.45, 2.75) is 0 Å². The first kappa shape index (κ1) is 23.4. The normalized spacial score (nSPS) is 0.800. The van der Waals surface area contributed by atoms with Gasteiger partial charge in [0.1, 0.15) is 0 Å². The topological polar surface area (TPSA) is 17.1 Å². The summed E-state index contributed by atoms with van der Waals surface area (Å²) in [6.07, 6.45) is 0. The maximum Gasteiger partial charge on any atom is 0 e. The van der Waals surface area contributed by atoms with Crippen molar-refractivity contribution >= 4 is 104 Å². The van der Waals surface area contributed by atoms with E-state index in [0.29, 0.717) is 10.1 Å². The van der Waals surface area contributed by atoms with E-state index in [4.69, 9.17) is 4.46 Å². The van der Waals surface area contributed by atoms with E-state index < -0.39 is 0 Å². The Bertz CT molecular complexity index is 11.6. The average molecular weight is 340 g/mol. The average Bonchev–Trinajstić information content (AvgIpc) is 1.00. The molecule has 0 atom stereocenters. The summed E-state index contributed by atoms with van der Waals surface area (Å²) in [5, 5.41) is 0. The summed E-state index contributed by atoms with van der Waals surface area (Å²) in [4.78, 5) is 0. The first-order chi connectivity index (χ1) is 1.00. The van der Waals surface area contributed by atoms with Gasteiger partial charge in [0, 0.05) is 19.5 Å². The van der Waals surface area contributed by atoms with Crippen LogP contribution in [0.2, 0.25) is 0 Å². The monoisotopic (exact) mass is 340 g/mol. The van der Waals surface area contributed by atoms with Crippen LogP contribution in [0.15, 0.2) is 0 Å². The van der Waals surface area contributed by atoms with Gasteiger partial charge in [-0.05, 0) is 0 Å². The van der Waals surface area contributed by atoms with E-state index in [2.05, 4.69) is 0 Å². The molecule has 0 unspecified atom stereocenters. The molecule has 0 aliphatic heterocycles. The zero-order chi connectivity index (χ0) is 2.00. The minimum atomic E-state index is 0. The van der Waals surface area contributed by atoms with Gasteiger partial charge in [-0.3, -0.25) is 0 Å². The Morgan fingerprint density at radius 2 is 1.20 bits per heavy atom. The van der Waals surface area contributed by atoms with Crippen LogP contribution in [0, 0.1) is 0 Å². The van der Waals surface area contributed by atoms with Crippen LogP contribution in [0.4, 0.5) is 0 Å². The quantitative estimate of drug-likeness (QED) is 0.434. The maximum atomic E-state index is 8.28. The molecule has 0 aromatic rings. The molecule has 0 aliphatic carbocycles. The molecule has 5 heteroatoms. The molecule has 0 radical (unpaired) electrons. The predicted octanol–water partition coefficient (Wildman–Crippen LogP) is -2.87. The van der Waals surface area contributed by atoms with Crippen molar-refractivity contribution in [2.24, 2.45) is 0 Å². The van der Waals surface area contributed by atoms with Gasteiger partial charge >= 0.3 is 94.4 Å². The SMILES string of the molecule is O=[SiH2].[BaH2].[SrH2].[Zn]. The number of hydrogen-bond acceptors (Lipinski definition) is 1. The molecule has 22 valence electrons. The molecule has 0 fully saturated rings. The van der Waals surface area contributed by atoms with Crippen LogP contribution < -0.4 is 0 Å². The molecular formula is H6BaOSiSrZn. The maximum absolute atomic E-state index is 8.28. The summed E-state index contributed by atoms with van der Waals surface area (Å²) in [5.74, 6) is 0. The third kappa shape index (κ3) is 18.3. The van der Waals surface area contributed by atoms with Crippen LogP contribution in [-0.2, 0) is 23.9 Å². The molecule has 0 bridgehead atoms. The first-order valence-corrected chi connectivity index (χ1v) is 0.866. The van der Waals surface area contributed by atoms with E-state index in [-0.39, 0.29) is 114 Å². The van der Waals surface area contributed by atoms with Crippen LogP contribution in [0.1, 0.15) is 0 Å². The fraction of sp³-hybridized carbons (Fsp3) is 0. The molecule has 0 saturated heterocycles. The van der Waals surface area contributed by atoms with Crippen LogP contribution >= 0.6 is 0 Å². The van der Waals surface area contributed by atoms with E-state index in [0.717, 1.165) is 0 Å². The van der Waals surface area contributed by atoms with Gasteiger partial charge in [-0.1, -0.05) is 0 Å². The van der Waals surface area contributed by atoms with Gasteiger partial charge in [0.25, 0.3) is 0 Å². The summed E-state index contributed by atoms with van der Waals surface area (Å²) in [5.41, 5.74) is 0. The van der Waals surface area contributed by atoms with Gasteiger partial charge in [-0.2, -0.15) is 0 Å². The molecule has 0 heterocycles. The fourth-order valence-electron chi connectivity index (χ4n) is 0. The Balaban J connectivity index is -0.00000000167. The molecule has 0 aliphatic rings. The van der Waals surface area contributed by atoms with Gasteiger partial charge in [0.2, 0.25) is 10.1 Å². The minimum absolute atomic E-state index is 0. The molecule has 0 saturated carbocycles. The Morgan fingerprint density at radius 1 is 1.20 bits per heavy atom. The first-order valence-electron chi connectivity index (χ1n) is 0.289. The molecule has 0 rings (SSSR count). The second kappa shape index (κ2) is 25.3.